The van der Waals surface area contributed by atoms with Crippen molar-refractivity contribution in [1.82, 2.24) is 0 Å². The molecule has 1 aromatic carbocycles. The molecule has 0 fully saturated rings. The van der Waals surface area contributed by atoms with Gasteiger partial charge in [0.1, 0.15) is 9.79 Å². The average molecular weight is 441 g/mol. The van der Waals surface area contributed by atoms with E-state index in [1.165, 1.54) is 18.3 Å². The number of sulfonamides is 1. The van der Waals surface area contributed by atoms with Crippen molar-refractivity contribution in [3.05, 3.63) is 34.5 Å². The molecule has 0 aliphatic heterocycles. The average Bonchev–Trinajstić information content (AvgIpc) is 3.03. The van der Waals surface area contributed by atoms with Gasteiger partial charge in [0.15, 0.2) is 9.84 Å². The highest BCUT2D eigenvalue weighted by molar-refractivity contribution is 7.93. The molecular weight excluding hydrogens is 424 g/mol. The Balaban J connectivity index is 2.74. The second-order valence-corrected chi connectivity index (χ2v) is 11.4. The Kier molecular flexibility index (Phi) is 5.80. The van der Waals surface area contributed by atoms with Gasteiger partial charge in [0.05, 0.1) is 16.3 Å². The second kappa shape index (κ2) is 7.25. The fourth-order valence-corrected chi connectivity index (χ4v) is 5.83. The Labute approximate surface area is 155 Å². The van der Waals surface area contributed by atoms with Crippen LogP contribution < -0.4 is 10.5 Å². The molecule has 0 saturated carbocycles. The highest BCUT2D eigenvalue weighted by atomic mass is 32.2. The predicted molar refractivity (Wildman–Crippen MR) is 97.0 cm³/mol. The van der Waals surface area contributed by atoms with E-state index in [1.54, 1.807) is 17.5 Å². The van der Waals surface area contributed by atoms with Crippen LogP contribution in [0.3, 0.4) is 0 Å². The molecule has 144 valence electrons. The van der Waals surface area contributed by atoms with E-state index in [0.29, 0.717) is 6.07 Å². The molecule has 4 N–H and O–H groups in total. The summed E-state index contributed by atoms with van der Waals surface area (Å²) in [5.41, 5.74) is -0.250. The maximum atomic E-state index is 12.3. The molecule has 0 bridgehead atoms. The van der Waals surface area contributed by atoms with Crippen molar-refractivity contribution in [1.29, 1.82) is 0 Å². The van der Waals surface area contributed by atoms with Crippen LogP contribution in [-0.4, -0.2) is 35.6 Å². The first-order valence-corrected chi connectivity index (χ1v) is 12.6. The van der Waals surface area contributed by atoms with Gasteiger partial charge in [-0.05, 0) is 23.6 Å². The number of rotatable bonds is 7. The summed E-state index contributed by atoms with van der Waals surface area (Å²) in [7, 11) is -13.5. The monoisotopic (exact) mass is 440 g/mol. The molecule has 13 heteroatoms. The van der Waals surface area contributed by atoms with Crippen LogP contribution in [0.15, 0.2) is 44.3 Å². The van der Waals surface area contributed by atoms with E-state index in [4.69, 9.17) is 5.14 Å². The number of primary sulfonamides is 1. The molecule has 0 atom stereocenters. The van der Waals surface area contributed by atoms with Crippen LogP contribution in [-0.2, 0) is 36.5 Å². The van der Waals surface area contributed by atoms with Crippen LogP contribution in [0.25, 0.3) is 0 Å². The van der Waals surface area contributed by atoms with E-state index >= 15 is 0 Å². The standard InChI is InChI=1S/C13H16N2O7S4/c1-2-24(16,17)12-6-10(15-8-9-4-3-5-23-9)11(26(20,21)22)7-13(12)25(14,18)19/h3-7,15H,2,8H2,1H3,(H2,14,18,19)(H,20,21,22). The summed E-state index contributed by atoms with van der Waals surface area (Å²) < 4.78 is 80.8. The SMILES string of the molecule is CCS(=O)(=O)c1cc(NCc2cccs2)c(S(=O)(=O)O)cc1S(N)(=O)=O. The van der Waals surface area contributed by atoms with Crippen molar-refractivity contribution in [2.75, 3.05) is 11.1 Å². The van der Waals surface area contributed by atoms with E-state index in [-0.39, 0.29) is 12.2 Å². The van der Waals surface area contributed by atoms with Crippen molar-refractivity contribution in [2.45, 2.75) is 28.2 Å². The van der Waals surface area contributed by atoms with Crippen molar-refractivity contribution < 1.29 is 29.8 Å². The largest absolute Gasteiger partial charge is 0.379 e. The van der Waals surface area contributed by atoms with Gasteiger partial charge in [-0.3, -0.25) is 4.55 Å². The number of benzene rings is 1. The highest BCUT2D eigenvalue weighted by Gasteiger charge is 2.29. The molecule has 0 amide bonds. The Morgan fingerprint density at radius 3 is 2.19 bits per heavy atom. The number of anilines is 1. The Morgan fingerprint density at radius 2 is 1.73 bits per heavy atom. The minimum Gasteiger partial charge on any atom is -0.379 e. The molecule has 0 saturated heterocycles. The molecule has 26 heavy (non-hydrogen) atoms. The maximum absolute atomic E-state index is 12.3. The third-order valence-corrected chi connectivity index (χ3v) is 8.00. The van der Waals surface area contributed by atoms with E-state index < -0.39 is 50.4 Å². The smallest absolute Gasteiger partial charge is 0.296 e. The molecule has 0 aliphatic carbocycles. The minimum absolute atomic E-state index is 0.139. The molecule has 9 nitrogen and oxygen atoms in total. The summed E-state index contributed by atoms with van der Waals surface area (Å²) in [6.07, 6.45) is 0. The first-order valence-electron chi connectivity index (χ1n) is 7.03. The zero-order chi connectivity index (χ0) is 19.8. The highest BCUT2D eigenvalue weighted by Crippen LogP contribution is 2.32. The molecule has 1 heterocycles. The van der Waals surface area contributed by atoms with Crippen LogP contribution in [0.1, 0.15) is 11.8 Å². The van der Waals surface area contributed by atoms with Crippen LogP contribution >= 0.6 is 11.3 Å². The molecule has 0 radical (unpaired) electrons. The summed E-state index contributed by atoms with van der Waals surface area (Å²) >= 11 is 1.37. The van der Waals surface area contributed by atoms with Gasteiger partial charge in [0, 0.05) is 11.4 Å². The third kappa shape index (κ3) is 4.61. The van der Waals surface area contributed by atoms with E-state index in [9.17, 15) is 29.8 Å². The molecule has 0 spiro atoms. The normalized spacial score (nSPS) is 12.9. The third-order valence-electron chi connectivity index (χ3n) is 3.38. The van der Waals surface area contributed by atoms with Gasteiger partial charge in [0.2, 0.25) is 10.0 Å². The molecule has 0 aliphatic rings. The number of hydrogen-bond donors (Lipinski definition) is 3. The van der Waals surface area contributed by atoms with E-state index in [2.05, 4.69) is 5.32 Å². The van der Waals surface area contributed by atoms with Gasteiger partial charge in [-0.25, -0.2) is 22.0 Å². The number of nitrogens with one attached hydrogen (secondary N) is 1. The van der Waals surface area contributed by atoms with Gasteiger partial charge in [-0.2, -0.15) is 8.42 Å². The summed E-state index contributed by atoms with van der Waals surface area (Å²) in [5.74, 6) is -0.425. The quantitative estimate of drug-likeness (QED) is 0.538. The zero-order valence-corrected chi connectivity index (χ0v) is 16.7. The van der Waals surface area contributed by atoms with Crippen LogP contribution in [0.5, 0.6) is 0 Å². The van der Waals surface area contributed by atoms with Gasteiger partial charge in [-0.15, -0.1) is 11.3 Å². The first-order chi connectivity index (χ1) is 11.9. The maximum Gasteiger partial charge on any atom is 0.296 e. The van der Waals surface area contributed by atoms with Crippen LogP contribution in [0.4, 0.5) is 5.69 Å². The van der Waals surface area contributed by atoms with Crippen molar-refractivity contribution in [3.63, 3.8) is 0 Å². The van der Waals surface area contributed by atoms with Crippen LogP contribution in [0.2, 0.25) is 0 Å². The van der Waals surface area contributed by atoms with Crippen molar-refractivity contribution in [2.24, 2.45) is 5.14 Å². The molecule has 2 aromatic rings. The summed E-state index contributed by atoms with van der Waals surface area (Å²) in [6.45, 7) is 1.44. The Morgan fingerprint density at radius 1 is 1.08 bits per heavy atom. The molecular formula is C13H16N2O7S4. The molecule has 0 unspecified atom stereocenters. The lowest BCUT2D eigenvalue weighted by Crippen LogP contribution is -2.19. The van der Waals surface area contributed by atoms with Crippen molar-refractivity contribution in [3.8, 4) is 0 Å². The van der Waals surface area contributed by atoms with Gasteiger partial charge in [0.25, 0.3) is 10.1 Å². The second-order valence-electron chi connectivity index (χ2n) is 5.15. The lowest BCUT2D eigenvalue weighted by Gasteiger charge is -2.15. The van der Waals surface area contributed by atoms with E-state index in [1.807, 2.05) is 0 Å². The van der Waals surface area contributed by atoms with Crippen LogP contribution in [0, 0.1) is 0 Å². The number of sulfone groups is 1. The van der Waals surface area contributed by atoms with Gasteiger partial charge in [-0.1, -0.05) is 13.0 Å². The predicted octanol–water partition coefficient (Wildman–Crippen LogP) is 1.05. The summed E-state index contributed by atoms with van der Waals surface area (Å²) in [6, 6.07) is 4.93. The number of nitrogens with two attached hydrogens (primary N) is 1. The van der Waals surface area contributed by atoms with Crippen molar-refractivity contribution >= 4 is 47.0 Å². The molecule has 1 aromatic heterocycles. The lowest BCUT2D eigenvalue weighted by molar-refractivity contribution is 0.483. The summed E-state index contributed by atoms with van der Waals surface area (Å²) in [4.78, 5) is -1.51. The molecule has 2 rings (SSSR count). The number of thiophene rings is 1. The lowest BCUT2D eigenvalue weighted by atomic mass is 10.3. The Bertz CT molecular complexity index is 1120. The summed E-state index contributed by atoms with van der Waals surface area (Å²) in [5, 5.41) is 9.53. The first kappa shape index (κ1) is 20.8. The zero-order valence-electron chi connectivity index (χ0n) is 13.4. The topological polar surface area (TPSA) is 161 Å². The van der Waals surface area contributed by atoms with E-state index in [0.717, 1.165) is 10.9 Å². The number of hydrogen-bond acceptors (Lipinski definition) is 8. The fourth-order valence-electron chi connectivity index (χ4n) is 2.11. The Hall–Kier alpha value is -1.51. The fraction of sp³-hybridized carbons (Fsp3) is 0.231. The van der Waals surface area contributed by atoms with Gasteiger partial charge >= 0.3 is 0 Å². The minimum atomic E-state index is -4.85. The van der Waals surface area contributed by atoms with Gasteiger partial charge < -0.3 is 5.32 Å².